The van der Waals surface area contributed by atoms with E-state index in [9.17, 15) is 19.2 Å². The minimum absolute atomic E-state index is 0.0757. The van der Waals surface area contributed by atoms with E-state index in [0.717, 1.165) is 5.56 Å². The average molecular weight is 494 g/mol. The Morgan fingerprint density at radius 3 is 2.56 bits per heavy atom. The van der Waals surface area contributed by atoms with E-state index >= 15 is 0 Å². The van der Waals surface area contributed by atoms with Gasteiger partial charge in [-0.05, 0) is 49.6 Å². The third-order valence-corrected chi connectivity index (χ3v) is 6.50. The molecule has 0 radical (unpaired) electrons. The van der Waals surface area contributed by atoms with E-state index in [1.807, 2.05) is 24.3 Å². The standard InChI is InChI=1S/C27H31N3O6/c1-3-35-27(34)18-11-13-30(14-12-18)24(31)17-29(2)26(33)20-8-6-9-21(15-20)28-25(32)23-16-19-7-4-5-10-22(19)36-23/h4-10,15,18,23H,3,11-14,16-17H2,1-2H3,(H,28,32). The Hall–Kier alpha value is -3.88. The molecule has 2 aliphatic heterocycles. The van der Waals surface area contributed by atoms with Crippen molar-refractivity contribution in [1.29, 1.82) is 0 Å². The molecule has 190 valence electrons. The van der Waals surface area contributed by atoms with Gasteiger partial charge in [-0.1, -0.05) is 24.3 Å². The SMILES string of the molecule is CCOC(=O)C1CCN(C(=O)CN(C)C(=O)c2cccc(NC(=O)C3Cc4ccccc4O3)c2)CC1. The summed E-state index contributed by atoms with van der Waals surface area (Å²) in [6, 6.07) is 14.2. The normalized spacial score (nSPS) is 17.1. The number of para-hydroxylation sites is 1. The van der Waals surface area contributed by atoms with Gasteiger partial charge in [0, 0.05) is 37.8 Å². The number of carbonyl (C=O) groups is 4. The fourth-order valence-electron chi connectivity index (χ4n) is 4.50. The van der Waals surface area contributed by atoms with Crippen LogP contribution < -0.4 is 10.1 Å². The zero-order valence-electron chi connectivity index (χ0n) is 20.6. The average Bonchev–Trinajstić information content (AvgIpc) is 3.33. The number of esters is 1. The van der Waals surface area contributed by atoms with Gasteiger partial charge in [0.2, 0.25) is 5.91 Å². The van der Waals surface area contributed by atoms with E-state index in [4.69, 9.17) is 9.47 Å². The molecule has 0 saturated carbocycles. The van der Waals surface area contributed by atoms with E-state index in [1.54, 1.807) is 43.1 Å². The van der Waals surface area contributed by atoms with Crippen molar-refractivity contribution in [2.24, 2.45) is 5.92 Å². The van der Waals surface area contributed by atoms with Gasteiger partial charge in [-0.3, -0.25) is 19.2 Å². The maximum atomic E-state index is 13.0. The molecule has 2 heterocycles. The van der Waals surface area contributed by atoms with E-state index < -0.39 is 6.10 Å². The van der Waals surface area contributed by atoms with Gasteiger partial charge in [0.15, 0.2) is 6.10 Å². The number of likely N-dealkylation sites (N-methyl/N-ethyl adjacent to an activating group) is 1. The fraction of sp³-hybridized carbons (Fsp3) is 0.407. The molecule has 9 nitrogen and oxygen atoms in total. The van der Waals surface area contributed by atoms with Crippen LogP contribution in [0.25, 0.3) is 0 Å². The number of hydrogen-bond donors (Lipinski definition) is 1. The number of amides is 3. The van der Waals surface area contributed by atoms with E-state index in [-0.39, 0.29) is 36.2 Å². The summed E-state index contributed by atoms with van der Waals surface area (Å²) in [4.78, 5) is 53.4. The van der Waals surface area contributed by atoms with Gasteiger partial charge in [-0.2, -0.15) is 0 Å². The molecule has 0 bridgehead atoms. The van der Waals surface area contributed by atoms with E-state index in [0.29, 0.717) is 56.0 Å². The lowest BCUT2D eigenvalue weighted by molar-refractivity contribution is -0.151. The van der Waals surface area contributed by atoms with Crippen LogP contribution in [0.4, 0.5) is 5.69 Å². The van der Waals surface area contributed by atoms with Gasteiger partial charge in [-0.25, -0.2) is 0 Å². The molecule has 0 spiro atoms. The lowest BCUT2D eigenvalue weighted by Crippen LogP contribution is -2.45. The maximum Gasteiger partial charge on any atom is 0.309 e. The van der Waals surface area contributed by atoms with Gasteiger partial charge < -0.3 is 24.6 Å². The zero-order chi connectivity index (χ0) is 25.7. The number of piperidine rings is 1. The first-order valence-electron chi connectivity index (χ1n) is 12.2. The first-order valence-corrected chi connectivity index (χ1v) is 12.2. The Morgan fingerprint density at radius 2 is 1.83 bits per heavy atom. The number of anilines is 1. The quantitative estimate of drug-likeness (QED) is 0.595. The summed E-state index contributed by atoms with van der Waals surface area (Å²) < 4.78 is 10.8. The van der Waals surface area contributed by atoms with Gasteiger partial charge in [-0.15, -0.1) is 0 Å². The second kappa shape index (κ2) is 11.2. The number of nitrogens with one attached hydrogen (secondary N) is 1. The number of rotatable bonds is 7. The van der Waals surface area contributed by atoms with Crippen LogP contribution in [0, 0.1) is 5.92 Å². The molecule has 0 aliphatic carbocycles. The van der Waals surface area contributed by atoms with Crippen LogP contribution in [0.1, 0.15) is 35.7 Å². The molecule has 2 aromatic rings. The van der Waals surface area contributed by atoms with Crippen LogP contribution in [-0.4, -0.2) is 72.9 Å². The van der Waals surface area contributed by atoms with Gasteiger partial charge >= 0.3 is 5.97 Å². The van der Waals surface area contributed by atoms with Crippen LogP contribution in [-0.2, 0) is 25.5 Å². The van der Waals surface area contributed by atoms with Crippen molar-refractivity contribution < 1.29 is 28.7 Å². The molecule has 4 rings (SSSR count). The minimum Gasteiger partial charge on any atom is -0.480 e. The topological polar surface area (TPSA) is 105 Å². The zero-order valence-corrected chi connectivity index (χ0v) is 20.6. The number of benzene rings is 2. The monoisotopic (exact) mass is 493 g/mol. The first kappa shape index (κ1) is 25.2. The Balaban J connectivity index is 1.29. The van der Waals surface area contributed by atoms with Crippen LogP contribution in [0.15, 0.2) is 48.5 Å². The Bertz CT molecular complexity index is 1120. The largest absolute Gasteiger partial charge is 0.480 e. The molecular weight excluding hydrogens is 462 g/mol. The van der Waals surface area contributed by atoms with Crippen molar-refractivity contribution in [3.05, 3.63) is 59.7 Å². The molecule has 1 N–H and O–H groups in total. The molecule has 1 atom stereocenters. The summed E-state index contributed by atoms with van der Waals surface area (Å²) in [6.45, 7) is 2.96. The first-order chi connectivity index (χ1) is 17.4. The van der Waals surface area contributed by atoms with Crippen molar-refractivity contribution in [3.8, 4) is 5.75 Å². The molecule has 2 aromatic carbocycles. The lowest BCUT2D eigenvalue weighted by atomic mass is 9.97. The highest BCUT2D eigenvalue weighted by Crippen LogP contribution is 2.28. The van der Waals surface area contributed by atoms with Gasteiger partial charge in [0.05, 0.1) is 19.1 Å². The molecule has 1 fully saturated rings. The summed E-state index contributed by atoms with van der Waals surface area (Å²) in [7, 11) is 1.57. The number of fused-ring (bicyclic) bond motifs is 1. The van der Waals surface area contributed by atoms with Gasteiger partial charge in [0.25, 0.3) is 11.8 Å². The minimum atomic E-state index is -0.630. The van der Waals surface area contributed by atoms with Crippen molar-refractivity contribution in [2.75, 3.05) is 38.6 Å². The second-order valence-corrected chi connectivity index (χ2v) is 9.06. The highest BCUT2D eigenvalue weighted by molar-refractivity contribution is 5.99. The Kier molecular flexibility index (Phi) is 7.87. The number of likely N-dealkylation sites (tertiary alicyclic amines) is 1. The van der Waals surface area contributed by atoms with Crippen molar-refractivity contribution in [3.63, 3.8) is 0 Å². The smallest absolute Gasteiger partial charge is 0.309 e. The van der Waals surface area contributed by atoms with Crippen molar-refractivity contribution >= 4 is 29.4 Å². The highest BCUT2D eigenvalue weighted by atomic mass is 16.5. The summed E-state index contributed by atoms with van der Waals surface area (Å²) in [5.74, 6) is -0.479. The Labute approximate surface area is 210 Å². The van der Waals surface area contributed by atoms with Crippen LogP contribution >= 0.6 is 0 Å². The van der Waals surface area contributed by atoms with E-state index in [1.165, 1.54) is 4.90 Å². The van der Waals surface area contributed by atoms with Crippen LogP contribution in [0.3, 0.4) is 0 Å². The summed E-state index contributed by atoms with van der Waals surface area (Å²) >= 11 is 0. The highest BCUT2D eigenvalue weighted by Gasteiger charge is 2.30. The number of carbonyl (C=O) groups excluding carboxylic acids is 4. The predicted molar refractivity (Wildman–Crippen MR) is 133 cm³/mol. The molecule has 36 heavy (non-hydrogen) atoms. The van der Waals surface area contributed by atoms with Crippen molar-refractivity contribution in [2.45, 2.75) is 32.3 Å². The fourth-order valence-corrected chi connectivity index (χ4v) is 4.50. The molecule has 1 unspecified atom stereocenters. The molecule has 3 amide bonds. The molecule has 1 saturated heterocycles. The number of ether oxygens (including phenoxy) is 2. The summed E-state index contributed by atoms with van der Waals surface area (Å²) in [6.07, 6.45) is 0.970. The number of hydrogen-bond acceptors (Lipinski definition) is 6. The van der Waals surface area contributed by atoms with Crippen LogP contribution in [0.5, 0.6) is 5.75 Å². The molecular formula is C27H31N3O6. The second-order valence-electron chi connectivity index (χ2n) is 9.06. The lowest BCUT2D eigenvalue weighted by Gasteiger charge is -2.32. The molecule has 9 heteroatoms. The van der Waals surface area contributed by atoms with Crippen molar-refractivity contribution in [1.82, 2.24) is 9.80 Å². The van der Waals surface area contributed by atoms with Gasteiger partial charge in [0.1, 0.15) is 5.75 Å². The maximum absolute atomic E-state index is 13.0. The number of nitrogens with zero attached hydrogens (tertiary/aromatic N) is 2. The summed E-state index contributed by atoms with van der Waals surface area (Å²) in [5, 5.41) is 2.82. The third-order valence-electron chi connectivity index (χ3n) is 6.50. The molecule has 0 aromatic heterocycles. The summed E-state index contributed by atoms with van der Waals surface area (Å²) in [5.41, 5.74) is 1.82. The third kappa shape index (κ3) is 5.84. The molecule has 2 aliphatic rings. The van der Waals surface area contributed by atoms with Crippen LogP contribution in [0.2, 0.25) is 0 Å². The van der Waals surface area contributed by atoms with E-state index in [2.05, 4.69) is 5.32 Å². The Morgan fingerprint density at radius 1 is 1.08 bits per heavy atom. The predicted octanol–water partition coefficient (Wildman–Crippen LogP) is 2.50.